The Morgan fingerprint density at radius 1 is 1.30 bits per heavy atom. The number of para-hydroxylation sites is 1. The first kappa shape index (κ1) is 16.7. The van der Waals surface area contributed by atoms with Gasteiger partial charge in [-0.15, -0.1) is 0 Å². The molecule has 2 aromatic rings. The molecule has 0 spiro atoms. The van der Waals surface area contributed by atoms with Gasteiger partial charge < -0.3 is 15.0 Å². The number of benzene rings is 1. The summed E-state index contributed by atoms with van der Waals surface area (Å²) in [6, 6.07) is 8.41. The van der Waals surface area contributed by atoms with E-state index in [-0.39, 0.29) is 17.7 Å². The number of amides is 1. The Morgan fingerprint density at radius 2 is 2.00 bits per heavy atom. The number of nitrogens with one attached hydrogen (secondary N) is 1. The number of aromatic nitrogens is 1. The molecule has 1 amide bonds. The SMILES string of the molecule is CCCC(CNC(=O)c1cc(=O)n(C)c2ccccc12)C(=O)O. The lowest BCUT2D eigenvalue weighted by molar-refractivity contribution is -0.141. The van der Waals surface area contributed by atoms with Crippen LogP contribution in [0.1, 0.15) is 30.1 Å². The molecule has 122 valence electrons. The number of hydrogen-bond donors (Lipinski definition) is 2. The Bertz CT molecular complexity index is 795. The van der Waals surface area contributed by atoms with Crippen LogP contribution in [0.3, 0.4) is 0 Å². The van der Waals surface area contributed by atoms with Crippen LogP contribution in [0, 0.1) is 5.92 Å². The first-order chi connectivity index (χ1) is 11.0. The summed E-state index contributed by atoms with van der Waals surface area (Å²) in [6.45, 7) is 1.94. The van der Waals surface area contributed by atoms with Crippen molar-refractivity contribution in [2.45, 2.75) is 19.8 Å². The van der Waals surface area contributed by atoms with Crippen LogP contribution in [0.5, 0.6) is 0 Å². The van der Waals surface area contributed by atoms with Crippen molar-refractivity contribution in [1.29, 1.82) is 0 Å². The fourth-order valence-corrected chi connectivity index (χ4v) is 2.57. The molecule has 0 bridgehead atoms. The third-order valence-corrected chi connectivity index (χ3v) is 3.89. The lowest BCUT2D eigenvalue weighted by Gasteiger charge is -2.14. The van der Waals surface area contributed by atoms with Crippen molar-refractivity contribution in [2.75, 3.05) is 6.54 Å². The predicted octanol–water partition coefficient (Wildman–Crippen LogP) is 1.77. The van der Waals surface area contributed by atoms with Gasteiger partial charge in [-0.2, -0.15) is 0 Å². The average molecular weight is 316 g/mol. The standard InChI is InChI=1S/C17H20N2O4/c1-3-6-11(17(22)23)10-18-16(21)13-9-15(20)19(2)14-8-5-4-7-12(13)14/h4-5,7-9,11H,3,6,10H2,1-2H3,(H,18,21)(H,22,23). The van der Waals surface area contributed by atoms with E-state index < -0.39 is 17.8 Å². The Labute approximate surface area is 133 Å². The van der Waals surface area contributed by atoms with Gasteiger partial charge in [0.2, 0.25) is 0 Å². The van der Waals surface area contributed by atoms with E-state index in [0.717, 1.165) is 6.42 Å². The molecule has 2 rings (SSSR count). The molecule has 1 unspecified atom stereocenters. The number of fused-ring (bicyclic) bond motifs is 1. The summed E-state index contributed by atoms with van der Waals surface area (Å²) < 4.78 is 1.48. The van der Waals surface area contributed by atoms with E-state index in [2.05, 4.69) is 5.32 Å². The van der Waals surface area contributed by atoms with Gasteiger partial charge in [0.15, 0.2) is 0 Å². The lowest BCUT2D eigenvalue weighted by Crippen LogP contribution is -2.34. The highest BCUT2D eigenvalue weighted by atomic mass is 16.4. The number of carboxylic acids is 1. The smallest absolute Gasteiger partial charge is 0.308 e. The third kappa shape index (κ3) is 3.59. The summed E-state index contributed by atoms with van der Waals surface area (Å²) in [5, 5.41) is 12.4. The summed E-state index contributed by atoms with van der Waals surface area (Å²) in [6.07, 6.45) is 1.22. The highest BCUT2D eigenvalue weighted by molar-refractivity contribution is 6.06. The lowest BCUT2D eigenvalue weighted by atomic mass is 10.0. The minimum atomic E-state index is -0.930. The van der Waals surface area contributed by atoms with Crippen molar-refractivity contribution >= 4 is 22.8 Å². The molecule has 6 heteroatoms. The van der Waals surface area contributed by atoms with E-state index >= 15 is 0 Å². The molecule has 0 aliphatic rings. The zero-order valence-corrected chi connectivity index (χ0v) is 13.2. The molecule has 1 aromatic carbocycles. The average Bonchev–Trinajstić information content (AvgIpc) is 2.54. The highest BCUT2D eigenvalue weighted by Crippen LogP contribution is 2.16. The van der Waals surface area contributed by atoms with Crippen LogP contribution in [0.15, 0.2) is 35.1 Å². The van der Waals surface area contributed by atoms with Crippen molar-refractivity contribution in [2.24, 2.45) is 13.0 Å². The third-order valence-electron chi connectivity index (χ3n) is 3.89. The molecule has 6 nitrogen and oxygen atoms in total. The second-order valence-electron chi connectivity index (χ2n) is 5.51. The first-order valence-electron chi connectivity index (χ1n) is 7.55. The number of carboxylic acid groups (broad SMARTS) is 1. The number of nitrogens with zero attached hydrogens (tertiary/aromatic N) is 1. The largest absolute Gasteiger partial charge is 0.481 e. The maximum atomic E-state index is 12.4. The van der Waals surface area contributed by atoms with E-state index in [0.29, 0.717) is 17.3 Å². The van der Waals surface area contributed by atoms with Gasteiger partial charge in [0.05, 0.1) is 17.0 Å². The van der Waals surface area contributed by atoms with Crippen LogP contribution in [0.25, 0.3) is 10.9 Å². The summed E-state index contributed by atoms with van der Waals surface area (Å²) in [5.74, 6) is -1.98. The summed E-state index contributed by atoms with van der Waals surface area (Å²) in [7, 11) is 1.65. The van der Waals surface area contributed by atoms with Crippen LogP contribution in [-0.2, 0) is 11.8 Å². The van der Waals surface area contributed by atoms with Crippen molar-refractivity contribution in [3.05, 3.63) is 46.2 Å². The molecular formula is C17H20N2O4. The van der Waals surface area contributed by atoms with Crippen LogP contribution < -0.4 is 10.9 Å². The molecule has 0 saturated heterocycles. The fourth-order valence-electron chi connectivity index (χ4n) is 2.57. The first-order valence-corrected chi connectivity index (χ1v) is 7.55. The maximum Gasteiger partial charge on any atom is 0.308 e. The van der Waals surface area contributed by atoms with E-state index in [4.69, 9.17) is 5.11 Å². The van der Waals surface area contributed by atoms with Crippen LogP contribution in [-0.4, -0.2) is 28.1 Å². The zero-order chi connectivity index (χ0) is 17.0. The van der Waals surface area contributed by atoms with Gasteiger partial charge >= 0.3 is 5.97 Å². The van der Waals surface area contributed by atoms with Gasteiger partial charge in [-0.1, -0.05) is 31.5 Å². The zero-order valence-electron chi connectivity index (χ0n) is 13.2. The second kappa shape index (κ2) is 7.09. The number of carbonyl (C=O) groups is 2. The predicted molar refractivity (Wildman–Crippen MR) is 87.6 cm³/mol. The van der Waals surface area contributed by atoms with Gasteiger partial charge in [-0.25, -0.2) is 0 Å². The van der Waals surface area contributed by atoms with Crippen molar-refractivity contribution in [3.8, 4) is 0 Å². The quantitative estimate of drug-likeness (QED) is 0.850. The Kier molecular flexibility index (Phi) is 5.16. The molecule has 1 aromatic heterocycles. The Morgan fingerprint density at radius 3 is 2.65 bits per heavy atom. The van der Waals surface area contributed by atoms with E-state index in [9.17, 15) is 14.4 Å². The van der Waals surface area contributed by atoms with Crippen molar-refractivity contribution < 1.29 is 14.7 Å². The van der Waals surface area contributed by atoms with E-state index in [1.807, 2.05) is 6.92 Å². The minimum absolute atomic E-state index is 0.0472. The minimum Gasteiger partial charge on any atom is -0.481 e. The number of aliphatic carboxylic acids is 1. The van der Waals surface area contributed by atoms with Gasteiger partial charge in [0.1, 0.15) is 0 Å². The number of hydrogen-bond acceptors (Lipinski definition) is 3. The molecule has 1 heterocycles. The maximum absolute atomic E-state index is 12.4. The molecular weight excluding hydrogens is 296 g/mol. The van der Waals surface area contributed by atoms with E-state index in [1.54, 1.807) is 31.3 Å². The van der Waals surface area contributed by atoms with Crippen LogP contribution >= 0.6 is 0 Å². The summed E-state index contributed by atoms with van der Waals surface area (Å²) in [4.78, 5) is 35.5. The van der Waals surface area contributed by atoms with Gasteiger partial charge in [0, 0.05) is 25.0 Å². The normalized spacial score (nSPS) is 12.1. The highest BCUT2D eigenvalue weighted by Gasteiger charge is 2.19. The number of pyridine rings is 1. The van der Waals surface area contributed by atoms with E-state index in [1.165, 1.54) is 10.6 Å². The van der Waals surface area contributed by atoms with Crippen LogP contribution in [0.2, 0.25) is 0 Å². The molecule has 0 fully saturated rings. The molecule has 1 atom stereocenters. The monoisotopic (exact) mass is 316 g/mol. The molecule has 2 N–H and O–H groups in total. The Balaban J connectivity index is 2.30. The summed E-state index contributed by atoms with van der Waals surface area (Å²) >= 11 is 0. The molecule has 0 aliphatic carbocycles. The van der Waals surface area contributed by atoms with Crippen molar-refractivity contribution in [1.82, 2.24) is 9.88 Å². The molecule has 0 radical (unpaired) electrons. The van der Waals surface area contributed by atoms with Gasteiger partial charge in [-0.3, -0.25) is 14.4 Å². The fraction of sp³-hybridized carbons (Fsp3) is 0.353. The second-order valence-corrected chi connectivity index (χ2v) is 5.51. The van der Waals surface area contributed by atoms with Crippen LogP contribution in [0.4, 0.5) is 0 Å². The molecule has 23 heavy (non-hydrogen) atoms. The molecule has 0 saturated carbocycles. The number of carbonyl (C=O) groups excluding carboxylic acids is 1. The van der Waals surface area contributed by atoms with Crippen molar-refractivity contribution in [3.63, 3.8) is 0 Å². The number of aryl methyl sites for hydroxylation is 1. The number of rotatable bonds is 6. The topological polar surface area (TPSA) is 88.4 Å². The summed E-state index contributed by atoms with van der Waals surface area (Å²) in [5.41, 5.74) is 0.648. The van der Waals surface area contributed by atoms with Gasteiger partial charge in [0.25, 0.3) is 11.5 Å². The molecule has 0 aliphatic heterocycles. The Hall–Kier alpha value is -2.63. The van der Waals surface area contributed by atoms with Gasteiger partial charge in [-0.05, 0) is 12.5 Å².